The molecule has 0 saturated heterocycles. The third-order valence-corrected chi connectivity index (χ3v) is 3.10. The molecule has 0 amide bonds. The van der Waals surface area contributed by atoms with Gasteiger partial charge in [0.15, 0.2) is 11.5 Å². The van der Waals surface area contributed by atoms with Gasteiger partial charge in [-0.15, -0.1) is 0 Å². The Morgan fingerprint density at radius 1 is 1.36 bits per heavy atom. The molecule has 1 heterocycles. The molecule has 0 spiro atoms. The van der Waals surface area contributed by atoms with Gasteiger partial charge in [0.2, 0.25) is 6.79 Å². The van der Waals surface area contributed by atoms with E-state index >= 15 is 0 Å². The van der Waals surface area contributed by atoms with Crippen LogP contribution in [0.3, 0.4) is 0 Å². The highest BCUT2D eigenvalue weighted by Gasteiger charge is 2.25. The van der Waals surface area contributed by atoms with E-state index in [1.54, 1.807) is 0 Å². The van der Waals surface area contributed by atoms with E-state index in [4.69, 9.17) is 21.1 Å². The maximum absolute atomic E-state index is 6.02. The van der Waals surface area contributed by atoms with E-state index in [1.165, 1.54) is 0 Å². The average Bonchev–Trinajstić information content (AvgIpc) is 2.51. The molecule has 0 aliphatic carbocycles. The van der Waals surface area contributed by atoms with Gasteiger partial charge in [-0.25, -0.2) is 0 Å². The highest BCUT2D eigenvalue weighted by molar-refractivity contribution is 9.10. The van der Waals surface area contributed by atoms with Crippen LogP contribution in [-0.2, 0) is 0 Å². The largest absolute Gasteiger partial charge is 0.453 e. The van der Waals surface area contributed by atoms with Crippen LogP contribution >= 0.6 is 27.5 Å². The van der Waals surface area contributed by atoms with Gasteiger partial charge < -0.3 is 9.47 Å². The zero-order valence-corrected chi connectivity index (χ0v) is 10.3. The van der Waals surface area contributed by atoms with Gasteiger partial charge in [-0.2, -0.15) is 0 Å². The summed E-state index contributed by atoms with van der Waals surface area (Å²) < 4.78 is 11.7. The predicted octanol–water partition coefficient (Wildman–Crippen LogP) is 3.95. The molecule has 1 aromatic carbocycles. The third-order valence-electron chi connectivity index (χ3n) is 2.16. The zero-order valence-electron chi connectivity index (χ0n) is 7.93. The van der Waals surface area contributed by atoms with Crippen molar-refractivity contribution in [1.82, 2.24) is 0 Å². The Morgan fingerprint density at radius 3 is 2.64 bits per heavy atom. The summed E-state index contributed by atoms with van der Waals surface area (Å²) >= 11 is 9.50. The Morgan fingerprint density at radius 2 is 2.00 bits per heavy atom. The SMILES string of the molecule is CC(C)c1c(Br)cc(Cl)c2c1OCO2. The number of hydrogen-bond acceptors (Lipinski definition) is 2. The number of ether oxygens (including phenoxy) is 2. The Kier molecular flexibility index (Phi) is 2.62. The second-order valence-corrected chi connectivity index (χ2v) is 4.73. The first-order valence-electron chi connectivity index (χ1n) is 4.38. The van der Waals surface area contributed by atoms with Gasteiger partial charge in [0.25, 0.3) is 0 Å². The monoisotopic (exact) mass is 276 g/mol. The van der Waals surface area contributed by atoms with Gasteiger partial charge in [0, 0.05) is 10.0 Å². The first kappa shape index (κ1) is 10.1. The molecule has 2 nitrogen and oxygen atoms in total. The molecule has 2 rings (SSSR count). The van der Waals surface area contributed by atoms with Crippen molar-refractivity contribution in [2.45, 2.75) is 19.8 Å². The van der Waals surface area contributed by atoms with E-state index in [9.17, 15) is 0 Å². The average molecular weight is 278 g/mol. The summed E-state index contributed by atoms with van der Waals surface area (Å²) in [5.74, 6) is 1.81. The summed E-state index contributed by atoms with van der Waals surface area (Å²) in [5.41, 5.74) is 1.11. The van der Waals surface area contributed by atoms with Crippen LogP contribution in [0.1, 0.15) is 25.3 Å². The van der Waals surface area contributed by atoms with E-state index < -0.39 is 0 Å². The first-order chi connectivity index (χ1) is 6.61. The molecule has 0 aromatic heterocycles. The van der Waals surface area contributed by atoms with Crippen molar-refractivity contribution >= 4 is 27.5 Å². The van der Waals surface area contributed by atoms with Gasteiger partial charge >= 0.3 is 0 Å². The van der Waals surface area contributed by atoms with Crippen LogP contribution in [0.25, 0.3) is 0 Å². The first-order valence-corrected chi connectivity index (χ1v) is 5.56. The molecule has 1 aliphatic rings. The van der Waals surface area contributed by atoms with Crippen molar-refractivity contribution in [3.63, 3.8) is 0 Å². The van der Waals surface area contributed by atoms with Crippen molar-refractivity contribution in [3.8, 4) is 11.5 Å². The van der Waals surface area contributed by atoms with E-state index in [-0.39, 0.29) is 6.79 Å². The summed E-state index contributed by atoms with van der Waals surface area (Å²) in [7, 11) is 0. The quantitative estimate of drug-likeness (QED) is 0.774. The van der Waals surface area contributed by atoms with Gasteiger partial charge in [0.1, 0.15) is 0 Å². The topological polar surface area (TPSA) is 18.5 Å². The van der Waals surface area contributed by atoms with Crippen LogP contribution in [0.15, 0.2) is 10.5 Å². The van der Waals surface area contributed by atoms with E-state index in [2.05, 4.69) is 29.8 Å². The highest BCUT2D eigenvalue weighted by atomic mass is 79.9. The maximum Gasteiger partial charge on any atom is 0.231 e. The minimum atomic E-state index is 0.255. The fraction of sp³-hybridized carbons (Fsp3) is 0.400. The molecule has 1 aromatic rings. The van der Waals surface area contributed by atoms with Crippen LogP contribution in [-0.4, -0.2) is 6.79 Å². The Bertz CT molecular complexity index is 377. The van der Waals surface area contributed by atoms with Gasteiger partial charge in [0.05, 0.1) is 5.02 Å². The summed E-state index contributed by atoms with van der Waals surface area (Å²) in [6.45, 7) is 4.47. The van der Waals surface area contributed by atoms with Gasteiger partial charge in [-0.3, -0.25) is 0 Å². The van der Waals surface area contributed by atoms with E-state index in [0.717, 1.165) is 15.8 Å². The molecule has 0 atom stereocenters. The Labute approximate surface area is 96.3 Å². The number of benzene rings is 1. The Balaban J connectivity index is 2.66. The smallest absolute Gasteiger partial charge is 0.231 e. The molecule has 0 radical (unpaired) electrons. The molecule has 0 unspecified atom stereocenters. The van der Waals surface area contributed by atoms with Crippen molar-refractivity contribution in [2.24, 2.45) is 0 Å². The number of hydrogen-bond donors (Lipinski definition) is 0. The second kappa shape index (κ2) is 3.63. The Hall–Kier alpha value is -0.410. The van der Waals surface area contributed by atoms with Gasteiger partial charge in [-0.1, -0.05) is 41.4 Å². The van der Waals surface area contributed by atoms with E-state index in [1.807, 2.05) is 6.07 Å². The molecule has 0 fully saturated rings. The standard InChI is InChI=1S/C10H10BrClO2/c1-5(2)8-6(11)3-7(12)9-10(8)14-4-13-9/h3,5H,4H2,1-2H3. The molecule has 0 N–H and O–H groups in total. The molecule has 76 valence electrons. The summed E-state index contributed by atoms with van der Waals surface area (Å²) in [4.78, 5) is 0. The summed E-state index contributed by atoms with van der Waals surface area (Å²) in [6.07, 6.45) is 0. The second-order valence-electron chi connectivity index (χ2n) is 3.47. The molecule has 14 heavy (non-hydrogen) atoms. The lowest BCUT2D eigenvalue weighted by Gasteiger charge is -2.12. The minimum Gasteiger partial charge on any atom is -0.453 e. The maximum atomic E-state index is 6.02. The van der Waals surface area contributed by atoms with Crippen molar-refractivity contribution in [3.05, 3.63) is 21.1 Å². The van der Waals surface area contributed by atoms with Crippen LogP contribution < -0.4 is 9.47 Å². The molecular formula is C10H10BrClO2. The van der Waals surface area contributed by atoms with Gasteiger partial charge in [-0.05, 0) is 12.0 Å². The fourth-order valence-electron chi connectivity index (χ4n) is 1.56. The summed E-state index contributed by atoms with van der Waals surface area (Å²) in [6, 6.07) is 1.85. The van der Waals surface area contributed by atoms with Crippen LogP contribution in [0.5, 0.6) is 11.5 Å². The van der Waals surface area contributed by atoms with Crippen LogP contribution in [0.4, 0.5) is 0 Å². The number of fused-ring (bicyclic) bond motifs is 1. The lowest BCUT2D eigenvalue weighted by atomic mass is 10.0. The lowest BCUT2D eigenvalue weighted by molar-refractivity contribution is 0.173. The third kappa shape index (κ3) is 1.48. The zero-order chi connectivity index (χ0) is 10.3. The fourth-order valence-corrected chi connectivity index (χ4v) is 2.80. The number of halogens is 2. The molecule has 1 aliphatic heterocycles. The number of rotatable bonds is 1. The highest BCUT2D eigenvalue weighted by Crippen LogP contribution is 2.47. The van der Waals surface area contributed by atoms with Crippen molar-refractivity contribution < 1.29 is 9.47 Å². The van der Waals surface area contributed by atoms with Crippen LogP contribution in [0.2, 0.25) is 5.02 Å². The van der Waals surface area contributed by atoms with E-state index in [0.29, 0.717) is 16.7 Å². The summed E-state index contributed by atoms with van der Waals surface area (Å²) in [5, 5.41) is 0.591. The lowest BCUT2D eigenvalue weighted by Crippen LogP contribution is -1.96. The molecule has 0 saturated carbocycles. The minimum absolute atomic E-state index is 0.255. The molecule has 0 bridgehead atoms. The van der Waals surface area contributed by atoms with Crippen molar-refractivity contribution in [1.29, 1.82) is 0 Å². The molecule has 4 heteroatoms. The van der Waals surface area contributed by atoms with Crippen LogP contribution in [0, 0.1) is 0 Å². The van der Waals surface area contributed by atoms with Crippen molar-refractivity contribution in [2.75, 3.05) is 6.79 Å². The normalized spacial score (nSPS) is 13.8. The molecular weight excluding hydrogens is 267 g/mol. The predicted molar refractivity (Wildman–Crippen MR) is 59.4 cm³/mol.